The van der Waals surface area contributed by atoms with Gasteiger partial charge in [-0.3, -0.25) is 19.1 Å². The number of carbonyl (C=O) groups excluding carboxylic acids is 1. The third kappa shape index (κ3) is 3.92. The molecule has 140 valence electrons. The highest BCUT2D eigenvalue weighted by molar-refractivity contribution is 7.99. The predicted octanol–water partition coefficient (Wildman–Crippen LogP) is 0.879. The van der Waals surface area contributed by atoms with Crippen molar-refractivity contribution in [3.05, 3.63) is 50.7 Å². The first-order valence-corrected chi connectivity index (χ1v) is 8.78. The molecule has 0 radical (unpaired) electrons. The van der Waals surface area contributed by atoms with Gasteiger partial charge in [-0.25, -0.2) is 9.78 Å². The lowest BCUT2D eigenvalue weighted by Crippen LogP contribution is -2.32. The summed E-state index contributed by atoms with van der Waals surface area (Å²) >= 11 is 1.10. The number of oxime groups is 1. The van der Waals surface area contributed by atoms with Gasteiger partial charge in [0.1, 0.15) is 0 Å². The first kappa shape index (κ1) is 18.5. The van der Waals surface area contributed by atoms with E-state index in [2.05, 4.69) is 25.4 Å². The molecule has 1 amide bonds. The average molecular weight is 388 g/mol. The van der Waals surface area contributed by atoms with Crippen LogP contribution in [0.15, 0.2) is 44.2 Å². The van der Waals surface area contributed by atoms with Crippen LogP contribution in [-0.4, -0.2) is 42.1 Å². The Hall–Kier alpha value is -3.34. The quantitative estimate of drug-likeness (QED) is 0.221. The molecule has 3 aromatic rings. The molecule has 0 atom stereocenters. The van der Waals surface area contributed by atoms with Gasteiger partial charge in [0.15, 0.2) is 16.3 Å². The maximum atomic E-state index is 12.1. The van der Waals surface area contributed by atoms with Gasteiger partial charge in [0.2, 0.25) is 5.91 Å². The van der Waals surface area contributed by atoms with Gasteiger partial charge in [-0.05, 0) is 24.6 Å². The van der Waals surface area contributed by atoms with E-state index >= 15 is 0 Å². The largest absolute Gasteiger partial charge is 0.411 e. The first-order valence-electron chi connectivity index (χ1n) is 7.80. The molecule has 0 aliphatic rings. The first-order chi connectivity index (χ1) is 12.9. The summed E-state index contributed by atoms with van der Waals surface area (Å²) in [6.07, 6.45) is 0. The summed E-state index contributed by atoms with van der Waals surface area (Å²) < 4.78 is 0.939. The molecule has 0 aliphatic heterocycles. The van der Waals surface area contributed by atoms with E-state index < -0.39 is 11.2 Å². The van der Waals surface area contributed by atoms with Crippen LogP contribution in [0.25, 0.3) is 11.2 Å². The molecule has 0 spiro atoms. The Morgan fingerprint density at radius 3 is 2.67 bits per heavy atom. The average Bonchev–Trinajstić information content (AvgIpc) is 3.07. The number of aromatic nitrogens is 4. The van der Waals surface area contributed by atoms with E-state index in [-0.39, 0.29) is 22.8 Å². The minimum atomic E-state index is -0.557. The minimum absolute atomic E-state index is 0.0588. The standard InChI is InChI=1S/C16H16N6O4S/c1-8(21-26)9-3-5-10(6-4-9)17-11(23)7-27-15-18-12-13(19-15)20-16(25)22(2)14(12)24/h3-6,26H,7H2,1-2H3,(H,17,23)(H,18,19)(H,20,25)/b21-8-. The molecule has 27 heavy (non-hydrogen) atoms. The van der Waals surface area contributed by atoms with Gasteiger partial charge in [0.05, 0.1) is 11.5 Å². The number of fused-ring (bicyclic) bond motifs is 1. The van der Waals surface area contributed by atoms with Gasteiger partial charge in [-0.15, -0.1) is 0 Å². The van der Waals surface area contributed by atoms with Crippen molar-refractivity contribution in [1.82, 2.24) is 19.5 Å². The van der Waals surface area contributed by atoms with Crippen molar-refractivity contribution >= 4 is 40.2 Å². The van der Waals surface area contributed by atoms with Gasteiger partial charge >= 0.3 is 5.69 Å². The van der Waals surface area contributed by atoms with Crippen molar-refractivity contribution in [2.75, 3.05) is 11.1 Å². The number of amides is 1. The second kappa shape index (κ2) is 7.50. The number of carbonyl (C=O) groups is 1. The number of hydrogen-bond donors (Lipinski definition) is 4. The Bertz CT molecular complexity index is 1140. The Morgan fingerprint density at radius 2 is 2.00 bits per heavy atom. The molecule has 0 unspecified atom stereocenters. The van der Waals surface area contributed by atoms with E-state index in [1.54, 1.807) is 31.2 Å². The number of aromatic amines is 2. The van der Waals surface area contributed by atoms with Crippen LogP contribution in [0.5, 0.6) is 0 Å². The second-order valence-corrected chi connectivity index (χ2v) is 6.62. The maximum Gasteiger partial charge on any atom is 0.329 e. The number of imidazole rings is 1. The number of H-pyrrole nitrogens is 2. The van der Waals surface area contributed by atoms with Gasteiger partial charge in [-0.1, -0.05) is 29.1 Å². The second-order valence-electron chi connectivity index (χ2n) is 5.66. The molecule has 0 saturated carbocycles. The van der Waals surface area contributed by atoms with Crippen molar-refractivity contribution in [1.29, 1.82) is 0 Å². The highest BCUT2D eigenvalue weighted by Gasteiger charge is 2.12. The Morgan fingerprint density at radius 1 is 1.30 bits per heavy atom. The van der Waals surface area contributed by atoms with Crippen LogP contribution < -0.4 is 16.6 Å². The van der Waals surface area contributed by atoms with Crippen molar-refractivity contribution in [2.24, 2.45) is 12.2 Å². The summed E-state index contributed by atoms with van der Waals surface area (Å²) in [6.45, 7) is 1.66. The number of rotatable bonds is 5. The summed E-state index contributed by atoms with van der Waals surface area (Å²) in [6, 6.07) is 6.84. The van der Waals surface area contributed by atoms with Gasteiger partial charge in [0, 0.05) is 12.7 Å². The zero-order valence-electron chi connectivity index (χ0n) is 14.4. The van der Waals surface area contributed by atoms with Crippen molar-refractivity contribution in [3.8, 4) is 0 Å². The highest BCUT2D eigenvalue weighted by Crippen LogP contribution is 2.17. The van der Waals surface area contributed by atoms with Crippen LogP contribution in [0, 0.1) is 0 Å². The molecule has 3 rings (SSSR count). The number of hydrogen-bond acceptors (Lipinski definition) is 7. The zero-order chi connectivity index (χ0) is 19.6. The van der Waals surface area contributed by atoms with Crippen molar-refractivity contribution in [2.45, 2.75) is 12.1 Å². The molecule has 0 saturated heterocycles. The van der Waals surface area contributed by atoms with E-state index in [9.17, 15) is 14.4 Å². The van der Waals surface area contributed by atoms with Crippen LogP contribution in [0.1, 0.15) is 12.5 Å². The summed E-state index contributed by atoms with van der Waals surface area (Å²) in [5.74, 6) is -0.203. The molecule has 10 nitrogen and oxygen atoms in total. The summed E-state index contributed by atoms with van der Waals surface area (Å²) in [5.41, 5.74) is 1.09. The van der Waals surface area contributed by atoms with Gasteiger partial charge in [0.25, 0.3) is 5.56 Å². The van der Waals surface area contributed by atoms with Gasteiger partial charge < -0.3 is 15.5 Å². The molecule has 2 aromatic heterocycles. The van der Waals surface area contributed by atoms with E-state index in [1.807, 2.05) is 0 Å². The number of benzene rings is 1. The van der Waals surface area contributed by atoms with Crippen LogP contribution in [0.3, 0.4) is 0 Å². The van der Waals surface area contributed by atoms with E-state index in [4.69, 9.17) is 5.21 Å². The van der Waals surface area contributed by atoms with Crippen LogP contribution in [0.2, 0.25) is 0 Å². The predicted molar refractivity (Wildman–Crippen MR) is 102 cm³/mol. The fraction of sp³-hybridized carbons (Fsp3) is 0.188. The SMILES string of the molecule is C/C(=N/O)c1ccc(NC(=O)CSc2nc3[nH]c(=O)n(C)c(=O)c3[nH]2)cc1. The molecule has 4 N–H and O–H groups in total. The van der Waals surface area contributed by atoms with Gasteiger partial charge in [-0.2, -0.15) is 0 Å². The van der Waals surface area contributed by atoms with Crippen molar-refractivity contribution < 1.29 is 10.0 Å². The fourth-order valence-corrected chi connectivity index (χ4v) is 2.96. The Balaban J connectivity index is 1.65. The van der Waals surface area contributed by atoms with Crippen LogP contribution in [0.4, 0.5) is 5.69 Å². The molecular formula is C16H16N6O4S. The number of thioether (sulfide) groups is 1. The van der Waals surface area contributed by atoms with Crippen molar-refractivity contribution in [3.63, 3.8) is 0 Å². The number of nitrogens with one attached hydrogen (secondary N) is 3. The van der Waals surface area contributed by atoms with Crippen LogP contribution in [-0.2, 0) is 11.8 Å². The molecular weight excluding hydrogens is 372 g/mol. The lowest BCUT2D eigenvalue weighted by atomic mass is 10.1. The maximum absolute atomic E-state index is 12.1. The molecule has 2 heterocycles. The number of nitrogens with zero attached hydrogens (tertiary/aromatic N) is 3. The molecule has 11 heteroatoms. The highest BCUT2D eigenvalue weighted by atomic mass is 32.2. The lowest BCUT2D eigenvalue weighted by Gasteiger charge is -2.05. The smallest absolute Gasteiger partial charge is 0.329 e. The summed E-state index contributed by atoms with van der Waals surface area (Å²) in [5, 5.41) is 14.9. The third-order valence-electron chi connectivity index (χ3n) is 3.81. The normalized spacial score (nSPS) is 11.7. The van der Waals surface area contributed by atoms with Crippen LogP contribution >= 0.6 is 11.8 Å². The molecule has 1 aromatic carbocycles. The van der Waals surface area contributed by atoms with E-state index in [0.29, 0.717) is 16.6 Å². The van der Waals surface area contributed by atoms with E-state index in [1.165, 1.54) is 7.05 Å². The lowest BCUT2D eigenvalue weighted by molar-refractivity contribution is -0.113. The fourth-order valence-electron chi connectivity index (χ4n) is 2.29. The Kier molecular flexibility index (Phi) is 5.12. The number of anilines is 1. The summed E-state index contributed by atoms with van der Waals surface area (Å²) in [4.78, 5) is 45.1. The third-order valence-corrected chi connectivity index (χ3v) is 4.68. The minimum Gasteiger partial charge on any atom is -0.411 e. The molecule has 0 aliphatic carbocycles. The van der Waals surface area contributed by atoms with E-state index in [0.717, 1.165) is 21.9 Å². The monoisotopic (exact) mass is 388 g/mol. The molecule has 0 fully saturated rings. The topological polar surface area (TPSA) is 145 Å². The summed E-state index contributed by atoms with van der Waals surface area (Å²) in [7, 11) is 1.36. The zero-order valence-corrected chi connectivity index (χ0v) is 15.3. The Labute approximate surface area is 156 Å². The molecule has 0 bridgehead atoms.